The lowest BCUT2D eigenvalue weighted by Gasteiger charge is -2.13. The van der Waals surface area contributed by atoms with Gasteiger partial charge in [0.05, 0.1) is 4.90 Å². The first-order valence-electron chi connectivity index (χ1n) is 7.83. The van der Waals surface area contributed by atoms with Crippen LogP contribution < -0.4 is 10.0 Å². The molecule has 0 aliphatic heterocycles. The number of benzene rings is 1. The van der Waals surface area contributed by atoms with Crippen LogP contribution >= 0.6 is 0 Å². The van der Waals surface area contributed by atoms with E-state index in [2.05, 4.69) is 23.9 Å². The van der Waals surface area contributed by atoms with Gasteiger partial charge in [-0.2, -0.15) is 0 Å². The van der Waals surface area contributed by atoms with Gasteiger partial charge in [0.25, 0.3) is 0 Å². The third-order valence-electron chi connectivity index (χ3n) is 4.01. The van der Waals surface area contributed by atoms with Crippen molar-refractivity contribution in [3.8, 4) is 0 Å². The van der Waals surface area contributed by atoms with E-state index < -0.39 is 10.0 Å². The molecule has 4 nitrogen and oxygen atoms in total. The summed E-state index contributed by atoms with van der Waals surface area (Å²) in [6.07, 6.45) is 4.09. The molecule has 0 spiro atoms. The predicted octanol–water partition coefficient (Wildman–Crippen LogP) is 2.65. The van der Waals surface area contributed by atoms with E-state index in [0.29, 0.717) is 10.8 Å². The van der Waals surface area contributed by atoms with Crippen molar-refractivity contribution in [2.45, 2.75) is 57.0 Å². The summed E-state index contributed by atoms with van der Waals surface area (Å²) in [6, 6.07) is 7.26. The van der Waals surface area contributed by atoms with Gasteiger partial charge in [-0.1, -0.05) is 26.0 Å². The second-order valence-electron chi connectivity index (χ2n) is 6.06. The fraction of sp³-hybridized carbons (Fsp3) is 0.625. The van der Waals surface area contributed by atoms with Crippen LogP contribution in [0.5, 0.6) is 0 Å². The molecule has 0 aromatic heterocycles. The normalized spacial score (nSPS) is 22.6. The highest BCUT2D eigenvalue weighted by molar-refractivity contribution is 7.89. The monoisotopic (exact) mass is 310 g/mol. The quantitative estimate of drug-likeness (QED) is 0.761. The Hall–Kier alpha value is -0.910. The predicted molar refractivity (Wildman–Crippen MR) is 85.6 cm³/mol. The maximum absolute atomic E-state index is 12.3. The van der Waals surface area contributed by atoms with Crippen LogP contribution in [-0.4, -0.2) is 21.0 Å². The molecule has 2 unspecified atom stereocenters. The molecular weight excluding hydrogens is 284 g/mol. The fourth-order valence-electron chi connectivity index (χ4n) is 2.80. The molecule has 1 aliphatic carbocycles. The van der Waals surface area contributed by atoms with E-state index in [1.54, 1.807) is 12.1 Å². The van der Waals surface area contributed by atoms with Crippen molar-refractivity contribution in [3.63, 3.8) is 0 Å². The van der Waals surface area contributed by atoms with E-state index in [0.717, 1.165) is 44.3 Å². The maximum atomic E-state index is 12.3. The minimum absolute atomic E-state index is 0.0934. The molecule has 21 heavy (non-hydrogen) atoms. The Morgan fingerprint density at radius 2 is 1.90 bits per heavy atom. The first-order valence-corrected chi connectivity index (χ1v) is 9.31. The van der Waals surface area contributed by atoms with Crippen molar-refractivity contribution in [1.29, 1.82) is 0 Å². The fourth-order valence-corrected chi connectivity index (χ4v) is 4.08. The Morgan fingerprint density at radius 3 is 2.48 bits per heavy atom. The van der Waals surface area contributed by atoms with Gasteiger partial charge >= 0.3 is 0 Å². The topological polar surface area (TPSA) is 58.2 Å². The van der Waals surface area contributed by atoms with Gasteiger partial charge in [0.15, 0.2) is 0 Å². The van der Waals surface area contributed by atoms with Gasteiger partial charge < -0.3 is 5.32 Å². The number of sulfonamides is 1. The molecule has 0 heterocycles. The van der Waals surface area contributed by atoms with Gasteiger partial charge in [-0.05, 0) is 55.8 Å². The van der Waals surface area contributed by atoms with Crippen molar-refractivity contribution in [2.75, 3.05) is 6.54 Å². The molecule has 2 atom stereocenters. The Balaban J connectivity index is 1.96. The molecule has 1 aliphatic rings. The zero-order valence-electron chi connectivity index (χ0n) is 12.9. The minimum atomic E-state index is -3.38. The molecular formula is C16H26N2O2S. The third-order valence-corrected chi connectivity index (χ3v) is 5.54. The average molecular weight is 310 g/mol. The summed E-state index contributed by atoms with van der Waals surface area (Å²) >= 11 is 0. The first kappa shape index (κ1) is 16.5. The Kier molecular flexibility index (Phi) is 5.79. The molecule has 0 radical (unpaired) electrons. The molecule has 0 bridgehead atoms. The summed E-state index contributed by atoms with van der Waals surface area (Å²) in [7, 11) is -3.38. The number of nitrogens with one attached hydrogen (secondary N) is 2. The van der Waals surface area contributed by atoms with E-state index in [1.165, 1.54) is 0 Å². The van der Waals surface area contributed by atoms with Crippen LogP contribution in [0.4, 0.5) is 0 Å². The number of hydrogen-bond donors (Lipinski definition) is 2. The first-order chi connectivity index (χ1) is 10.0. The lowest BCUT2D eigenvalue weighted by Crippen LogP contribution is -2.32. The van der Waals surface area contributed by atoms with Gasteiger partial charge in [-0.15, -0.1) is 0 Å². The van der Waals surface area contributed by atoms with Crippen molar-refractivity contribution >= 4 is 10.0 Å². The molecule has 1 aromatic rings. The lowest BCUT2D eigenvalue weighted by molar-refractivity contribution is 0.538. The summed E-state index contributed by atoms with van der Waals surface area (Å²) in [5.74, 6) is 0.615. The van der Waals surface area contributed by atoms with Gasteiger partial charge in [0, 0.05) is 12.6 Å². The summed E-state index contributed by atoms with van der Waals surface area (Å²) in [6.45, 7) is 6.05. The van der Waals surface area contributed by atoms with Crippen molar-refractivity contribution < 1.29 is 8.42 Å². The summed E-state index contributed by atoms with van der Waals surface area (Å²) in [5.41, 5.74) is 1.11. The second-order valence-corrected chi connectivity index (χ2v) is 7.77. The molecule has 1 aromatic carbocycles. The van der Waals surface area contributed by atoms with Crippen LogP contribution in [0.25, 0.3) is 0 Å². The van der Waals surface area contributed by atoms with Crippen LogP contribution in [-0.2, 0) is 16.6 Å². The van der Waals surface area contributed by atoms with Gasteiger partial charge in [-0.25, -0.2) is 13.1 Å². The molecule has 0 saturated heterocycles. The van der Waals surface area contributed by atoms with E-state index in [4.69, 9.17) is 0 Å². The van der Waals surface area contributed by atoms with E-state index in [-0.39, 0.29) is 6.04 Å². The van der Waals surface area contributed by atoms with Gasteiger partial charge in [0.2, 0.25) is 10.0 Å². The smallest absolute Gasteiger partial charge is 0.240 e. The molecule has 2 N–H and O–H groups in total. The van der Waals surface area contributed by atoms with E-state index >= 15 is 0 Å². The van der Waals surface area contributed by atoms with Gasteiger partial charge in [-0.3, -0.25) is 0 Å². The van der Waals surface area contributed by atoms with E-state index in [9.17, 15) is 8.42 Å². The van der Waals surface area contributed by atoms with Crippen molar-refractivity contribution in [1.82, 2.24) is 10.0 Å². The molecule has 2 rings (SSSR count). The van der Waals surface area contributed by atoms with E-state index in [1.807, 2.05) is 12.1 Å². The summed E-state index contributed by atoms with van der Waals surface area (Å²) < 4.78 is 27.5. The highest BCUT2D eigenvalue weighted by Crippen LogP contribution is 2.26. The molecule has 1 fully saturated rings. The largest absolute Gasteiger partial charge is 0.313 e. The highest BCUT2D eigenvalue weighted by Gasteiger charge is 2.26. The highest BCUT2D eigenvalue weighted by atomic mass is 32.2. The Morgan fingerprint density at radius 1 is 1.19 bits per heavy atom. The van der Waals surface area contributed by atoms with Crippen molar-refractivity contribution in [3.05, 3.63) is 29.8 Å². The Bertz CT molecular complexity index is 540. The third kappa shape index (κ3) is 4.80. The van der Waals surface area contributed by atoms with Crippen LogP contribution in [0.15, 0.2) is 29.2 Å². The number of rotatable bonds is 7. The zero-order valence-corrected chi connectivity index (χ0v) is 13.7. The average Bonchev–Trinajstić information content (AvgIpc) is 2.84. The SMILES string of the molecule is CCCNCc1ccc(S(=O)(=O)NC2CCC(C)C2)cc1. The molecule has 5 heteroatoms. The maximum Gasteiger partial charge on any atom is 0.240 e. The Labute approximate surface area is 128 Å². The zero-order chi connectivity index (χ0) is 15.3. The van der Waals surface area contributed by atoms with Crippen LogP contribution in [0.1, 0.15) is 45.1 Å². The minimum Gasteiger partial charge on any atom is -0.313 e. The van der Waals surface area contributed by atoms with Crippen LogP contribution in [0.2, 0.25) is 0 Å². The van der Waals surface area contributed by atoms with Crippen molar-refractivity contribution in [2.24, 2.45) is 5.92 Å². The second kappa shape index (κ2) is 7.38. The molecule has 118 valence electrons. The van der Waals surface area contributed by atoms with Crippen LogP contribution in [0, 0.1) is 5.92 Å². The van der Waals surface area contributed by atoms with Crippen LogP contribution in [0.3, 0.4) is 0 Å². The van der Waals surface area contributed by atoms with Gasteiger partial charge in [0.1, 0.15) is 0 Å². The molecule has 0 amide bonds. The molecule has 1 saturated carbocycles. The standard InChI is InChI=1S/C16H26N2O2S/c1-3-10-17-12-14-5-8-16(9-6-14)21(19,20)18-15-7-4-13(2)11-15/h5-6,8-9,13,15,17-18H,3-4,7,10-12H2,1-2H3. The number of hydrogen-bond acceptors (Lipinski definition) is 3. The summed E-state index contributed by atoms with van der Waals surface area (Å²) in [5, 5.41) is 3.31. The summed E-state index contributed by atoms with van der Waals surface area (Å²) in [4.78, 5) is 0.362. The lowest BCUT2D eigenvalue weighted by atomic mass is 10.1.